The van der Waals surface area contributed by atoms with E-state index in [1.807, 2.05) is 75.2 Å². The number of aryl methyl sites for hydroxylation is 3. The molecular formula is C91H106N10O15S6. The Morgan fingerprint density at radius 2 is 0.852 bits per heavy atom. The van der Waals surface area contributed by atoms with Gasteiger partial charge in [0.05, 0.1) is 52.6 Å². The summed E-state index contributed by atoms with van der Waals surface area (Å²) in [6, 6.07) is 54.5. The van der Waals surface area contributed by atoms with E-state index in [1.165, 1.54) is 51.9 Å². The van der Waals surface area contributed by atoms with Crippen molar-refractivity contribution in [2.24, 2.45) is 0 Å². The number of carboxylic acid groups (broad SMARTS) is 2. The van der Waals surface area contributed by atoms with Gasteiger partial charge in [-0.05, 0) is 233 Å². The summed E-state index contributed by atoms with van der Waals surface area (Å²) in [7, 11) is -13.0. The maximum atomic E-state index is 13.6. The second-order valence-corrected chi connectivity index (χ2v) is 41.7. The van der Waals surface area contributed by atoms with Crippen LogP contribution in [0.25, 0.3) is 31.1 Å². The van der Waals surface area contributed by atoms with Crippen LogP contribution < -0.4 is 24.3 Å². The molecule has 5 aliphatic heterocycles. The molecule has 122 heavy (non-hydrogen) atoms. The minimum atomic E-state index is -3.75. The van der Waals surface area contributed by atoms with Crippen molar-refractivity contribution < 1.29 is 67.8 Å². The lowest BCUT2D eigenvalue weighted by atomic mass is 10.1. The van der Waals surface area contributed by atoms with Gasteiger partial charge >= 0.3 is 11.9 Å². The van der Waals surface area contributed by atoms with E-state index in [1.54, 1.807) is 113 Å². The zero-order valence-electron chi connectivity index (χ0n) is 70.3. The highest BCUT2D eigenvalue weighted by molar-refractivity contribution is 7.90. The second-order valence-electron chi connectivity index (χ2n) is 32.3. The maximum absolute atomic E-state index is 13.6. The highest BCUT2D eigenvalue weighted by Gasteiger charge is 2.41. The normalized spacial score (nSPS) is 18.5. The topological polar surface area (TPSA) is 289 Å². The van der Waals surface area contributed by atoms with Gasteiger partial charge in [0.1, 0.15) is 17.3 Å². The lowest BCUT2D eigenvalue weighted by molar-refractivity contribution is -0.137. The molecule has 2 N–H and O–H groups in total. The van der Waals surface area contributed by atoms with Crippen LogP contribution in [-0.4, -0.2) is 217 Å². The van der Waals surface area contributed by atoms with Crippen LogP contribution in [-0.2, 0) is 91.6 Å². The van der Waals surface area contributed by atoms with Gasteiger partial charge in [-0.15, -0.1) is 22.7 Å². The summed E-state index contributed by atoms with van der Waals surface area (Å²) in [6.07, 6.45) is 2.42. The molecule has 646 valence electrons. The van der Waals surface area contributed by atoms with Crippen LogP contribution >= 0.6 is 22.7 Å². The van der Waals surface area contributed by atoms with Gasteiger partial charge in [-0.25, -0.2) is 33.7 Å². The van der Waals surface area contributed by atoms with Crippen molar-refractivity contribution in [3.05, 3.63) is 232 Å². The number of ketones is 2. The minimum absolute atomic E-state index is 0.0305. The first-order valence-electron chi connectivity index (χ1n) is 40.8. The number of nitrogens with zero attached hydrogens (tertiary/aromatic N) is 10. The molecule has 11 aromatic rings. The van der Waals surface area contributed by atoms with Crippen molar-refractivity contribution in [1.82, 2.24) is 26.7 Å². The van der Waals surface area contributed by atoms with Crippen LogP contribution in [0.4, 0.5) is 22.7 Å². The number of aliphatic carboxylic acids is 2. The Morgan fingerprint density at radius 3 is 1.30 bits per heavy atom. The van der Waals surface area contributed by atoms with Crippen molar-refractivity contribution in [3.8, 4) is 5.75 Å². The van der Waals surface area contributed by atoms with Crippen LogP contribution in [0.2, 0.25) is 0 Å². The Kier molecular flexibility index (Phi) is 28.0. The second kappa shape index (κ2) is 38.1. The number of hydrogen-bond acceptors (Lipinski definition) is 20. The molecule has 31 heteroatoms. The molecule has 0 spiro atoms. The van der Waals surface area contributed by atoms with Gasteiger partial charge in [-0.1, -0.05) is 77.4 Å². The monoisotopic (exact) mass is 1770 g/mol. The predicted molar refractivity (Wildman–Crippen MR) is 484 cm³/mol. The molecule has 25 nitrogen and oxygen atoms in total. The number of hydrogen-bond donors (Lipinski definition) is 2. The molecule has 0 radical (unpaired) electrons. The van der Waals surface area contributed by atoms with E-state index in [-0.39, 0.29) is 69.8 Å². The Hall–Kier alpha value is -9.90. The molecule has 5 aliphatic rings. The molecule has 4 atom stereocenters. The molecule has 0 bridgehead atoms. The third kappa shape index (κ3) is 20.6. The number of anilines is 4. The van der Waals surface area contributed by atoms with Gasteiger partial charge in [0, 0.05) is 160 Å². The minimum Gasteiger partial charge on any atom is -0.497 e. The summed E-state index contributed by atoms with van der Waals surface area (Å²) in [4.78, 5) is 57.3. The van der Waals surface area contributed by atoms with E-state index in [0.717, 1.165) is 73.9 Å². The number of carbonyl (C=O) groups is 4. The number of rotatable bonds is 22. The number of piperazine rings is 4. The van der Waals surface area contributed by atoms with Gasteiger partial charge in [0.15, 0.2) is 0 Å². The number of benzene rings is 8. The summed E-state index contributed by atoms with van der Waals surface area (Å²) in [5.74, 6) is -0.969. The lowest BCUT2D eigenvalue weighted by Crippen LogP contribution is -2.58. The SMILES string of the molecule is CC(=O)CN1CCc2ccc(S(=O)(=O)N3CCN(c4ccc(C)cc4)CC3)cc21.CC(=O)Cn1ccc2ccc(S(=O)(=O)N3CCN(c4ccc(C)cc4)CC3)cc21.COc1ccc(N2C[C@@H](C)N(S(=O)(=O)c3ccc4scc(CC(=O)O)c4c3)[C@@H](C)C2)cc1.Cc1ccc(CN2C[C@@H](C)N(S(=O)(=O)c3ccc4scc(CC(=O)O)c4c3)[C@@H](C)C2)cc1. The third-order valence-corrected chi connectivity index (χ3v) is 33.0. The smallest absolute Gasteiger partial charge is 0.307 e. The zero-order chi connectivity index (χ0) is 87.3. The first-order valence-corrected chi connectivity index (χ1v) is 48.3. The summed E-state index contributed by atoms with van der Waals surface area (Å²) in [6.45, 7) is 26.1. The Labute approximate surface area is 723 Å². The number of Topliss-reactive ketones (excluding diaryl/α,β-unsaturated/α-hetero) is 2. The Bertz CT molecular complexity index is 6090. The highest BCUT2D eigenvalue weighted by atomic mass is 32.2. The standard InChI is InChI=1S/C24H28N2O4S2.C23H26N2O5S2.C22H27N3O3S.C22H25N3O3S/c1-16-4-6-19(7-5-16)14-25-12-17(2)26(18(3)13-25)32(29,30)21-8-9-23-22(11-21)20(15-31-23)10-24(27)28;1-15-12-24(18-4-6-19(30-3)7-5-18)13-16(2)25(15)32(28,29)20-8-9-22-21(11-20)17(14-31-22)10-23(26)27;2*1-17-3-6-20(7-4-17)23-11-13-25(14-12-23)29(27,28)21-8-5-19-9-10-24(16-18(2)26)22(19)15-21/h4-9,11,15,17-18H,10,12-14H2,1-3H3,(H,27,28);4-9,11,14-16H,10,12-13H2,1-3H3,(H,26,27);3-8,15H,9-14,16H2,1-2H3;3-10,15H,11-14,16H2,1-2H3/t17-,18+;15-,16+;;. The summed E-state index contributed by atoms with van der Waals surface area (Å²) >= 11 is 2.86. The Balaban J connectivity index is 0.000000140. The molecule has 3 aromatic heterocycles. The van der Waals surface area contributed by atoms with Crippen LogP contribution in [0.15, 0.2) is 212 Å². The third-order valence-electron chi connectivity index (χ3n) is 23.0. The van der Waals surface area contributed by atoms with Crippen LogP contribution in [0.5, 0.6) is 5.75 Å². The molecule has 0 saturated carbocycles. The van der Waals surface area contributed by atoms with Crippen molar-refractivity contribution in [2.75, 3.05) is 118 Å². The number of ether oxygens (including phenoxy) is 1. The van der Waals surface area contributed by atoms with Gasteiger partial charge in [0.2, 0.25) is 40.1 Å². The van der Waals surface area contributed by atoms with Gasteiger partial charge < -0.3 is 39.1 Å². The number of sulfonamides is 4. The number of aromatic nitrogens is 1. The molecule has 8 aromatic carbocycles. The van der Waals surface area contributed by atoms with E-state index in [2.05, 4.69) is 113 Å². The molecular weight excluding hydrogens is 1670 g/mol. The molecule has 0 amide bonds. The number of fused-ring (bicyclic) bond motifs is 4. The van der Waals surface area contributed by atoms with E-state index in [9.17, 15) is 52.8 Å². The number of methoxy groups -OCH3 is 1. The molecule has 0 unspecified atom stereocenters. The number of carboxylic acids is 2. The fourth-order valence-electron chi connectivity index (χ4n) is 16.9. The maximum Gasteiger partial charge on any atom is 0.307 e. The van der Waals surface area contributed by atoms with Crippen molar-refractivity contribution in [3.63, 3.8) is 0 Å². The van der Waals surface area contributed by atoms with Crippen molar-refractivity contribution in [1.29, 1.82) is 0 Å². The van der Waals surface area contributed by atoms with Crippen LogP contribution in [0, 0.1) is 20.8 Å². The Morgan fingerprint density at radius 1 is 0.443 bits per heavy atom. The summed E-state index contributed by atoms with van der Waals surface area (Å²) < 4.78 is 122. The number of carbonyl (C=O) groups excluding carboxylic acids is 2. The quantitative estimate of drug-likeness (QED) is 0.0637. The molecule has 4 saturated heterocycles. The highest BCUT2D eigenvalue weighted by Crippen LogP contribution is 2.38. The van der Waals surface area contributed by atoms with Gasteiger partial charge in [0.25, 0.3) is 0 Å². The van der Waals surface area contributed by atoms with Crippen molar-refractivity contribution >= 4 is 140 Å². The van der Waals surface area contributed by atoms with E-state index < -0.39 is 52.0 Å². The van der Waals surface area contributed by atoms with Gasteiger partial charge in [-0.3, -0.25) is 24.1 Å². The summed E-state index contributed by atoms with van der Waals surface area (Å²) in [5.41, 5.74) is 12.2. The fraction of sp³-hybridized carbons (Fsp3) is 0.363. The average Bonchev–Trinajstić information content (AvgIpc) is 1.44. The molecule has 0 aliphatic carbocycles. The first-order chi connectivity index (χ1) is 58.0. The van der Waals surface area contributed by atoms with Crippen LogP contribution in [0.1, 0.15) is 80.5 Å². The predicted octanol–water partition coefficient (Wildman–Crippen LogP) is 13.5. The summed E-state index contributed by atoms with van der Waals surface area (Å²) in [5, 5.41) is 24.2. The fourth-order valence-corrected chi connectivity index (χ4v) is 25.4. The molecule has 4 fully saturated rings. The molecule has 16 rings (SSSR count). The zero-order valence-corrected chi connectivity index (χ0v) is 75.2. The largest absolute Gasteiger partial charge is 0.497 e. The van der Waals surface area contributed by atoms with Gasteiger partial charge in [-0.2, -0.15) is 17.2 Å². The first kappa shape index (κ1) is 89.8. The van der Waals surface area contributed by atoms with E-state index in [0.29, 0.717) is 112 Å². The average molecular weight is 1770 g/mol. The van der Waals surface area contributed by atoms with Crippen molar-refractivity contribution in [2.45, 2.75) is 138 Å². The molecule has 8 heterocycles. The van der Waals surface area contributed by atoms with E-state index in [4.69, 9.17) is 14.9 Å². The lowest BCUT2D eigenvalue weighted by Gasteiger charge is -2.44. The van der Waals surface area contributed by atoms with Crippen LogP contribution in [0.3, 0.4) is 0 Å². The van der Waals surface area contributed by atoms with E-state index >= 15 is 0 Å². The number of thiophene rings is 2.